The van der Waals surface area contributed by atoms with Crippen molar-refractivity contribution in [3.05, 3.63) is 0 Å². The first kappa shape index (κ1) is 12.8. The molecule has 5 unspecified atom stereocenters. The molecule has 1 saturated carbocycles. The van der Waals surface area contributed by atoms with E-state index in [2.05, 4.69) is 19.2 Å². The van der Waals surface area contributed by atoms with Crippen molar-refractivity contribution in [2.24, 2.45) is 5.41 Å². The lowest BCUT2D eigenvalue weighted by atomic mass is 9.84. The van der Waals surface area contributed by atoms with Gasteiger partial charge >= 0.3 is 5.97 Å². The van der Waals surface area contributed by atoms with E-state index in [0.29, 0.717) is 6.04 Å². The van der Waals surface area contributed by atoms with E-state index in [1.54, 1.807) is 0 Å². The van der Waals surface area contributed by atoms with Crippen LogP contribution in [0.25, 0.3) is 0 Å². The Labute approximate surface area is 103 Å². The summed E-state index contributed by atoms with van der Waals surface area (Å²) in [4.78, 5) is 11.4. The van der Waals surface area contributed by atoms with Crippen LogP contribution in [0.3, 0.4) is 0 Å². The summed E-state index contributed by atoms with van der Waals surface area (Å²) in [6.07, 6.45) is 4.17. The lowest BCUT2D eigenvalue weighted by Crippen LogP contribution is -2.50. The Bertz CT molecular complexity index is 307. The van der Waals surface area contributed by atoms with Crippen molar-refractivity contribution < 1.29 is 14.6 Å². The quantitative estimate of drug-likeness (QED) is 0.791. The highest BCUT2D eigenvalue weighted by Crippen LogP contribution is 2.39. The first-order valence-electron chi connectivity index (χ1n) is 6.58. The molecule has 0 amide bonds. The molecule has 17 heavy (non-hydrogen) atoms. The summed E-state index contributed by atoms with van der Waals surface area (Å²) < 4.78 is 5.70. The molecule has 4 nitrogen and oxygen atoms in total. The lowest BCUT2D eigenvalue weighted by Gasteiger charge is -2.31. The maximum Gasteiger partial charge on any atom is 0.310 e. The van der Waals surface area contributed by atoms with E-state index in [0.717, 1.165) is 25.7 Å². The molecule has 2 fully saturated rings. The second-order valence-corrected chi connectivity index (χ2v) is 5.83. The van der Waals surface area contributed by atoms with Crippen molar-refractivity contribution in [2.75, 3.05) is 0 Å². The Morgan fingerprint density at radius 1 is 1.47 bits per heavy atom. The molecule has 1 aliphatic carbocycles. The van der Waals surface area contributed by atoms with Gasteiger partial charge in [0.15, 0.2) is 0 Å². The topological polar surface area (TPSA) is 58.6 Å². The van der Waals surface area contributed by atoms with E-state index >= 15 is 0 Å². The van der Waals surface area contributed by atoms with Crippen LogP contribution in [0.5, 0.6) is 0 Å². The Hall–Kier alpha value is -0.610. The summed E-state index contributed by atoms with van der Waals surface area (Å²) in [5.41, 5.74) is -0.606. The van der Waals surface area contributed by atoms with Crippen molar-refractivity contribution >= 4 is 5.97 Å². The van der Waals surface area contributed by atoms with E-state index < -0.39 is 11.4 Å². The number of hydrogen-bond donors (Lipinski definition) is 2. The van der Waals surface area contributed by atoms with Gasteiger partial charge in [0.25, 0.3) is 0 Å². The zero-order chi connectivity index (χ0) is 12.6. The Morgan fingerprint density at radius 3 is 2.71 bits per heavy atom. The molecule has 0 aromatic rings. The third-order valence-corrected chi connectivity index (χ3v) is 4.46. The minimum Gasteiger partial charge on any atom is -0.481 e. The highest BCUT2D eigenvalue weighted by molar-refractivity contribution is 5.75. The summed E-state index contributed by atoms with van der Waals surface area (Å²) in [5, 5.41) is 12.9. The number of carboxylic acids is 1. The number of aliphatic carboxylic acids is 1. The van der Waals surface area contributed by atoms with Crippen LogP contribution in [-0.4, -0.2) is 35.4 Å². The van der Waals surface area contributed by atoms with Crippen molar-refractivity contribution in [1.29, 1.82) is 0 Å². The van der Waals surface area contributed by atoms with Gasteiger partial charge in [-0.05, 0) is 40.0 Å². The number of rotatable bonds is 3. The third kappa shape index (κ3) is 2.33. The van der Waals surface area contributed by atoms with E-state index in [9.17, 15) is 9.90 Å². The molecule has 1 saturated heterocycles. The second-order valence-electron chi connectivity index (χ2n) is 5.83. The van der Waals surface area contributed by atoms with Gasteiger partial charge in [-0.25, -0.2) is 0 Å². The Morgan fingerprint density at radius 2 is 2.18 bits per heavy atom. The van der Waals surface area contributed by atoms with E-state index in [1.807, 2.05) is 6.92 Å². The van der Waals surface area contributed by atoms with Crippen LogP contribution in [0.2, 0.25) is 0 Å². The number of nitrogens with one attached hydrogen (secondary N) is 1. The van der Waals surface area contributed by atoms with Gasteiger partial charge in [0.1, 0.15) is 0 Å². The largest absolute Gasteiger partial charge is 0.481 e. The van der Waals surface area contributed by atoms with Crippen molar-refractivity contribution in [3.63, 3.8) is 0 Å². The van der Waals surface area contributed by atoms with Crippen LogP contribution < -0.4 is 5.32 Å². The highest BCUT2D eigenvalue weighted by atomic mass is 16.5. The average Bonchev–Trinajstić information content (AvgIpc) is 2.74. The van der Waals surface area contributed by atoms with Gasteiger partial charge in [-0.1, -0.05) is 6.42 Å². The monoisotopic (exact) mass is 241 g/mol. The lowest BCUT2D eigenvalue weighted by molar-refractivity contribution is -0.148. The number of carbonyl (C=O) groups is 1. The fourth-order valence-electron chi connectivity index (χ4n) is 3.22. The summed E-state index contributed by atoms with van der Waals surface area (Å²) in [6.45, 7) is 6.00. The van der Waals surface area contributed by atoms with Gasteiger partial charge in [-0.2, -0.15) is 0 Å². The molecule has 1 aliphatic heterocycles. The fourth-order valence-corrected chi connectivity index (χ4v) is 3.22. The minimum absolute atomic E-state index is 0.0846. The van der Waals surface area contributed by atoms with Gasteiger partial charge in [0.2, 0.25) is 0 Å². The number of hydrogen-bond acceptors (Lipinski definition) is 3. The predicted molar refractivity (Wildman–Crippen MR) is 64.9 cm³/mol. The fraction of sp³-hybridized carbons (Fsp3) is 0.923. The van der Waals surface area contributed by atoms with Crippen molar-refractivity contribution in [1.82, 2.24) is 5.32 Å². The van der Waals surface area contributed by atoms with Gasteiger partial charge in [-0.15, -0.1) is 0 Å². The summed E-state index contributed by atoms with van der Waals surface area (Å²) in [5.74, 6) is -0.674. The van der Waals surface area contributed by atoms with E-state index in [-0.39, 0.29) is 18.2 Å². The molecule has 0 aromatic heterocycles. The van der Waals surface area contributed by atoms with Crippen LogP contribution in [0.15, 0.2) is 0 Å². The van der Waals surface area contributed by atoms with Crippen molar-refractivity contribution in [3.8, 4) is 0 Å². The average molecular weight is 241 g/mol. The predicted octanol–water partition coefficient (Wildman–Crippen LogP) is 1.79. The standard InChI is InChI=1S/C13H23NO3/c1-8-7-10(9(2)17-8)14-11-5-4-6-13(11,3)12(15)16/h8-11,14H,4-7H2,1-3H3,(H,15,16). The van der Waals surface area contributed by atoms with Crippen LogP contribution in [-0.2, 0) is 9.53 Å². The van der Waals surface area contributed by atoms with Gasteiger partial charge in [-0.3, -0.25) is 4.79 Å². The molecular formula is C13H23NO3. The molecule has 2 rings (SSSR count). The molecule has 5 atom stereocenters. The van der Waals surface area contributed by atoms with E-state index in [4.69, 9.17) is 4.74 Å². The zero-order valence-electron chi connectivity index (χ0n) is 10.9. The molecule has 98 valence electrons. The van der Waals surface area contributed by atoms with Crippen LogP contribution in [0, 0.1) is 5.41 Å². The zero-order valence-corrected chi connectivity index (χ0v) is 10.9. The number of ether oxygens (including phenoxy) is 1. The van der Waals surface area contributed by atoms with Crippen molar-refractivity contribution in [2.45, 2.75) is 70.7 Å². The van der Waals surface area contributed by atoms with Crippen LogP contribution >= 0.6 is 0 Å². The van der Waals surface area contributed by atoms with Gasteiger partial charge < -0.3 is 15.2 Å². The molecule has 0 bridgehead atoms. The van der Waals surface area contributed by atoms with E-state index in [1.165, 1.54) is 0 Å². The normalized spacial score (nSPS) is 46.3. The SMILES string of the molecule is CC1CC(NC2CCCC2(C)C(=O)O)C(C)O1. The Kier molecular flexibility index (Phi) is 3.46. The van der Waals surface area contributed by atoms with Gasteiger partial charge in [0.05, 0.1) is 17.6 Å². The maximum atomic E-state index is 11.4. The molecule has 4 heteroatoms. The Balaban J connectivity index is 2.01. The molecular weight excluding hydrogens is 218 g/mol. The third-order valence-electron chi connectivity index (χ3n) is 4.46. The van der Waals surface area contributed by atoms with Gasteiger partial charge in [0, 0.05) is 12.1 Å². The number of carboxylic acid groups (broad SMARTS) is 1. The summed E-state index contributed by atoms with van der Waals surface area (Å²) >= 11 is 0. The minimum atomic E-state index is -0.674. The first-order valence-corrected chi connectivity index (χ1v) is 6.58. The second kappa shape index (κ2) is 4.58. The summed E-state index contributed by atoms with van der Waals surface area (Å²) in [6, 6.07) is 0.383. The van der Waals surface area contributed by atoms with Crippen LogP contribution in [0.1, 0.15) is 46.5 Å². The molecule has 2 N–H and O–H groups in total. The molecule has 0 spiro atoms. The maximum absolute atomic E-state index is 11.4. The summed E-state index contributed by atoms with van der Waals surface area (Å²) in [7, 11) is 0. The molecule has 1 heterocycles. The molecule has 2 aliphatic rings. The van der Waals surface area contributed by atoms with Crippen LogP contribution in [0.4, 0.5) is 0 Å². The molecule has 0 radical (unpaired) electrons. The smallest absolute Gasteiger partial charge is 0.310 e. The highest BCUT2D eigenvalue weighted by Gasteiger charge is 2.46. The molecule has 0 aromatic carbocycles. The first-order chi connectivity index (χ1) is 7.93.